The SMILES string of the molecule is CNc1nnccc1C(=O)N(CCc1ccc(Cl)c(Cl)c1)Cc1ccc(C(C)(C)C)cc1. The van der Waals surface area contributed by atoms with Crippen LogP contribution in [0.5, 0.6) is 0 Å². The van der Waals surface area contributed by atoms with Crippen molar-refractivity contribution in [3.8, 4) is 0 Å². The predicted octanol–water partition coefficient (Wildman–Crippen LogP) is 6.01. The first-order valence-corrected chi connectivity index (χ1v) is 11.3. The fraction of sp³-hybridized carbons (Fsp3) is 0.320. The molecule has 0 saturated heterocycles. The number of anilines is 1. The second-order valence-electron chi connectivity index (χ2n) is 8.72. The lowest BCUT2D eigenvalue weighted by Gasteiger charge is -2.25. The molecule has 0 atom stereocenters. The summed E-state index contributed by atoms with van der Waals surface area (Å²) in [5.41, 5.74) is 3.90. The summed E-state index contributed by atoms with van der Waals surface area (Å²) in [5, 5.41) is 11.9. The number of carbonyl (C=O) groups excluding carboxylic acids is 1. The fourth-order valence-electron chi connectivity index (χ4n) is 3.40. The topological polar surface area (TPSA) is 58.1 Å². The predicted molar refractivity (Wildman–Crippen MR) is 132 cm³/mol. The molecule has 168 valence electrons. The van der Waals surface area contributed by atoms with Crippen molar-refractivity contribution in [2.45, 2.75) is 39.2 Å². The van der Waals surface area contributed by atoms with E-state index in [0.29, 0.717) is 40.9 Å². The fourth-order valence-corrected chi connectivity index (χ4v) is 3.72. The summed E-state index contributed by atoms with van der Waals surface area (Å²) in [6.07, 6.45) is 2.18. The minimum atomic E-state index is -0.107. The molecular weight excluding hydrogens is 443 g/mol. The third kappa shape index (κ3) is 5.99. The van der Waals surface area contributed by atoms with Gasteiger partial charge < -0.3 is 10.2 Å². The van der Waals surface area contributed by atoms with Crippen LogP contribution < -0.4 is 5.32 Å². The van der Waals surface area contributed by atoms with Gasteiger partial charge in [0.1, 0.15) is 0 Å². The number of hydrogen-bond donors (Lipinski definition) is 1. The van der Waals surface area contributed by atoms with Crippen LogP contribution in [0, 0.1) is 0 Å². The molecule has 3 rings (SSSR count). The molecule has 0 bridgehead atoms. The van der Waals surface area contributed by atoms with Gasteiger partial charge in [0.25, 0.3) is 5.91 Å². The molecule has 7 heteroatoms. The molecule has 0 saturated carbocycles. The van der Waals surface area contributed by atoms with Gasteiger partial charge in [-0.1, -0.05) is 74.3 Å². The number of nitrogens with one attached hydrogen (secondary N) is 1. The van der Waals surface area contributed by atoms with E-state index in [9.17, 15) is 4.79 Å². The van der Waals surface area contributed by atoms with Crippen molar-refractivity contribution in [3.05, 3.63) is 87.0 Å². The van der Waals surface area contributed by atoms with Crippen molar-refractivity contribution in [2.24, 2.45) is 0 Å². The molecule has 1 heterocycles. The third-order valence-electron chi connectivity index (χ3n) is 5.32. The quantitative estimate of drug-likeness (QED) is 0.459. The third-order valence-corrected chi connectivity index (χ3v) is 6.06. The van der Waals surface area contributed by atoms with Gasteiger partial charge >= 0.3 is 0 Å². The Morgan fingerprint density at radius 1 is 1.00 bits per heavy atom. The van der Waals surface area contributed by atoms with Crippen molar-refractivity contribution in [2.75, 3.05) is 18.9 Å². The van der Waals surface area contributed by atoms with Crippen molar-refractivity contribution in [1.82, 2.24) is 15.1 Å². The zero-order valence-corrected chi connectivity index (χ0v) is 20.3. The first-order chi connectivity index (χ1) is 15.2. The van der Waals surface area contributed by atoms with E-state index < -0.39 is 0 Å². The Kier molecular flexibility index (Phi) is 7.75. The van der Waals surface area contributed by atoms with Crippen LogP contribution in [0.1, 0.15) is 47.8 Å². The molecule has 1 N–H and O–H groups in total. The van der Waals surface area contributed by atoms with Crippen LogP contribution in [-0.2, 0) is 18.4 Å². The van der Waals surface area contributed by atoms with Gasteiger partial charge in [-0.2, -0.15) is 5.10 Å². The zero-order valence-electron chi connectivity index (χ0n) is 18.8. The highest BCUT2D eigenvalue weighted by Crippen LogP contribution is 2.25. The Balaban J connectivity index is 1.86. The number of benzene rings is 2. The van der Waals surface area contributed by atoms with Crippen LogP contribution in [-0.4, -0.2) is 34.6 Å². The second kappa shape index (κ2) is 10.3. The molecule has 0 fully saturated rings. The normalized spacial score (nSPS) is 11.3. The number of hydrogen-bond acceptors (Lipinski definition) is 4. The maximum Gasteiger partial charge on any atom is 0.258 e. The Labute approximate surface area is 199 Å². The lowest BCUT2D eigenvalue weighted by Crippen LogP contribution is -2.33. The van der Waals surface area contributed by atoms with Crippen molar-refractivity contribution in [1.29, 1.82) is 0 Å². The number of amides is 1. The van der Waals surface area contributed by atoms with Crippen LogP contribution in [0.15, 0.2) is 54.7 Å². The monoisotopic (exact) mass is 470 g/mol. The smallest absolute Gasteiger partial charge is 0.258 e. The van der Waals surface area contributed by atoms with Gasteiger partial charge in [-0.3, -0.25) is 4.79 Å². The minimum Gasteiger partial charge on any atom is -0.371 e. The standard InChI is InChI=1S/C25H28Cl2N4O/c1-25(2,3)19-8-5-18(6-9-19)16-31(14-12-17-7-10-21(26)22(27)15-17)24(32)20-11-13-29-30-23(20)28-4/h5-11,13,15H,12,14,16H2,1-4H3,(H,28,30). The van der Waals surface area contributed by atoms with E-state index in [0.717, 1.165) is 11.1 Å². The van der Waals surface area contributed by atoms with Gasteiger partial charge in [0, 0.05) is 20.1 Å². The van der Waals surface area contributed by atoms with Gasteiger partial charge in [-0.15, -0.1) is 5.10 Å². The van der Waals surface area contributed by atoms with Gasteiger partial charge in [-0.05, 0) is 46.7 Å². The van der Waals surface area contributed by atoms with Gasteiger partial charge in [-0.25, -0.2) is 0 Å². The molecule has 0 aliphatic rings. The first kappa shape index (κ1) is 24.0. The molecule has 0 unspecified atom stereocenters. The largest absolute Gasteiger partial charge is 0.371 e. The molecule has 0 aliphatic carbocycles. The average Bonchev–Trinajstić information content (AvgIpc) is 2.78. The Morgan fingerprint density at radius 2 is 1.69 bits per heavy atom. The number of aromatic nitrogens is 2. The molecular formula is C25H28Cl2N4O. The number of nitrogens with zero attached hydrogens (tertiary/aromatic N) is 3. The van der Waals surface area contributed by atoms with Gasteiger partial charge in [0.2, 0.25) is 0 Å². The highest BCUT2D eigenvalue weighted by Gasteiger charge is 2.21. The van der Waals surface area contributed by atoms with Gasteiger partial charge in [0.15, 0.2) is 5.82 Å². The highest BCUT2D eigenvalue weighted by atomic mass is 35.5. The van der Waals surface area contributed by atoms with Crippen LogP contribution >= 0.6 is 23.2 Å². The Bertz CT molecular complexity index is 1080. The number of rotatable bonds is 7. The molecule has 0 aliphatic heterocycles. The van der Waals surface area contributed by atoms with E-state index in [1.165, 1.54) is 11.8 Å². The lowest BCUT2D eigenvalue weighted by atomic mass is 9.87. The molecule has 32 heavy (non-hydrogen) atoms. The molecule has 5 nitrogen and oxygen atoms in total. The molecule has 0 spiro atoms. The summed E-state index contributed by atoms with van der Waals surface area (Å²) in [7, 11) is 1.73. The van der Waals surface area contributed by atoms with Crippen molar-refractivity contribution >= 4 is 34.9 Å². The summed E-state index contributed by atoms with van der Waals surface area (Å²) in [6, 6.07) is 15.7. The Hall–Kier alpha value is -2.63. The van der Waals surface area contributed by atoms with Crippen LogP contribution in [0.4, 0.5) is 5.82 Å². The molecule has 3 aromatic rings. The van der Waals surface area contributed by atoms with E-state index >= 15 is 0 Å². The van der Waals surface area contributed by atoms with E-state index in [1.807, 2.05) is 17.0 Å². The van der Waals surface area contributed by atoms with Crippen molar-refractivity contribution in [3.63, 3.8) is 0 Å². The van der Waals surface area contributed by atoms with Gasteiger partial charge in [0.05, 0.1) is 21.8 Å². The van der Waals surface area contributed by atoms with Crippen molar-refractivity contribution < 1.29 is 4.79 Å². The molecule has 0 radical (unpaired) electrons. The maximum atomic E-state index is 13.5. The summed E-state index contributed by atoms with van der Waals surface area (Å²) in [4.78, 5) is 15.3. The first-order valence-electron chi connectivity index (χ1n) is 10.5. The van der Waals surface area contributed by atoms with E-state index in [-0.39, 0.29) is 11.3 Å². The molecule has 2 aromatic carbocycles. The second-order valence-corrected chi connectivity index (χ2v) is 9.53. The van der Waals surface area contributed by atoms with Crippen LogP contribution in [0.25, 0.3) is 0 Å². The number of carbonyl (C=O) groups is 1. The molecule has 1 amide bonds. The summed E-state index contributed by atoms with van der Waals surface area (Å²) < 4.78 is 0. The van der Waals surface area contributed by atoms with Crippen LogP contribution in [0.3, 0.4) is 0 Å². The summed E-state index contributed by atoms with van der Waals surface area (Å²) in [6.45, 7) is 7.56. The minimum absolute atomic E-state index is 0.0757. The van der Waals surface area contributed by atoms with E-state index in [4.69, 9.17) is 23.2 Å². The molecule has 1 aromatic heterocycles. The Morgan fingerprint density at radius 3 is 2.31 bits per heavy atom. The van der Waals surface area contributed by atoms with E-state index in [2.05, 4.69) is 60.6 Å². The zero-order chi connectivity index (χ0) is 23.3. The maximum absolute atomic E-state index is 13.5. The van der Waals surface area contributed by atoms with Crippen LogP contribution in [0.2, 0.25) is 10.0 Å². The summed E-state index contributed by atoms with van der Waals surface area (Å²) in [5.74, 6) is 0.351. The lowest BCUT2D eigenvalue weighted by molar-refractivity contribution is 0.0745. The van der Waals surface area contributed by atoms with E-state index in [1.54, 1.807) is 19.2 Å². The summed E-state index contributed by atoms with van der Waals surface area (Å²) >= 11 is 12.2. The average molecular weight is 471 g/mol. The number of halogens is 2. The highest BCUT2D eigenvalue weighted by molar-refractivity contribution is 6.42.